The summed E-state index contributed by atoms with van der Waals surface area (Å²) < 4.78 is 18.2. The first-order valence-electron chi connectivity index (χ1n) is 13.0. The average Bonchev–Trinajstić information content (AvgIpc) is 3.31. The Morgan fingerprint density at radius 3 is 2.35 bits per heavy atom. The molecule has 2 unspecified atom stereocenters. The normalized spacial score (nSPS) is 27.0. The Bertz CT molecular complexity index is 1340. The average molecular weight is 554 g/mol. The van der Waals surface area contributed by atoms with E-state index in [1.165, 1.54) is 11.1 Å². The van der Waals surface area contributed by atoms with E-state index < -0.39 is 24.1 Å². The lowest BCUT2D eigenvalue weighted by Gasteiger charge is -2.56. The zero-order chi connectivity index (χ0) is 28.8. The molecule has 11 heteroatoms. The number of allylic oxidation sites excluding steroid dienone is 1. The second kappa shape index (κ2) is 10.6. The molecule has 6 atom stereocenters. The Balaban J connectivity index is 0.000000279. The molecule has 0 radical (unpaired) electrons. The number of ether oxygens (including phenoxy) is 3. The molecule has 0 saturated carbocycles. The van der Waals surface area contributed by atoms with E-state index in [1.54, 1.807) is 19.2 Å². The topological polar surface area (TPSA) is 163 Å². The van der Waals surface area contributed by atoms with Gasteiger partial charge in [0.15, 0.2) is 29.8 Å². The summed E-state index contributed by atoms with van der Waals surface area (Å²) in [5, 5.41) is 32.5. The zero-order valence-electron chi connectivity index (χ0n) is 22.0. The fraction of sp³-hybridized carbons (Fsp3) is 0.414. The van der Waals surface area contributed by atoms with Crippen molar-refractivity contribution in [1.29, 1.82) is 0 Å². The molecule has 4 N–H and O–H groups in total. The van der Waals surface area contributed by atoms with E-state index >= 15 is 0 Å². The van der Waals surface area contributed by atoms with Crippen LogP contribution in [0.3, 0.4) is 0 Å². The minimum absolute atomic E-state index is 0.157. The third kappa shape index (κ3) is 4.40. The van der Waals surface area contributed by atoms with E-state index in [0.29, 0.717) is 23.3 Å². The first kappa shape index (κ1) is 27.6. The van der Waals surface area contributed by atoms with E-state index in [1.807, 2.05) is 24.3 Å². The Hall–Kier alpha value is -3.93. The number of aliphatic hydroxyl groups is 2. The SMILES string of the molecule is COc1ccc2c3c1O[C@H]1C(OC(=O)c4ccccc4)=CC[C@H]4[C@@H](C2)N(C)CC[C@]314.O=C(O)C(O)C(O)C(=O)O. The van der Waals surface area contributed by atoms with Gasteiger partial charge in [0, 0.05) is 17.0 Å². The summed E-state index contributed by atoms with van der Waals surface area (Å²) >= 11 is 0. The summed E-state index contributed by atoms with van der Waals surface area (Å²) in [6.07, 6.45) is 0.174. The van der Waals surface area contributed by atoms with Gasteiger partial charge < -0.3 is 39.5 Å². The third-order valence-electron chi connectivity index (χ3n) is 8.45. The Morgan fingerprint density at radius 1 is 1.05 bits per heavy atom. The van der Waals surface area contributed by atoms with Gasteiger partial charge in [0.25, 0.3) is 0 Å². The van der Waals surface area contributed by atoms with Crippen molar-refractivity contribution in [1.82, 2.24) is 4.90 Å². The maximum Gasteiger partial charge on any atom is 0.343 e. The van der Waals surface area contributed by atoms with Gasteiger partial charge in [-0.3, -0.25) is 0 Å². The Labute approximate surface area is 230 Å². The fourth-order valence-corrected chi connectivity index (χ4v) is 6.57. The number of methoxy groups -OCH3 is 1. The number of carboxylic acids is 2. The second-order valence-corrected chi connectivity index (χ2v) is 10.4. The molecule has 4 aliphatic rings. The first-order valence-corrected chi connectivity index (χ1v) is 13.0. The molecule has 2 bridgehead atoms. The molecule has 1 spiro atoms. The number of carbonyl (C=O) groups is 3. The smallest absolute Gasteiger partial charge is 0.343 e. The van der Waals surface area contributed by atoms with Gasteiger partial charge in [-0.25, -0.2) is 14.4 Å². The highest BCUT2D eigenvalue weighted by molar-refractivity contribution is 5.90. The van der Waals surface area contributed by atoms with Crippen LogP contribution in [0.2, 0.25) is 0 Å². The van der Waals surface area contributed by atoms with Crippen LogP contribution < -0.4 is 9.47 Å². The van der Waals surface area contributed by atoms with Crippen LogP contribution in [-0.2, 0) is 26.2 Å². The molecular weight excluding hydrogens is 522 g/mol. The number of benzene rings is 2. The lowest BCUT2D eigenvalue weighted by molar-refractivity contribution is -0.165. The first-order chi connectivity index (χ1) is 19.1. The number of hydrogen-bond donors (Lipinski definition) is 4. The number of likely N-dealkylation sites (N-methyl/N-ethyl adjacent to an activating group) is 1. The minimum atomic E-state index is -2.27. The van der Waals surface area contributed by atoms with Crippen LogP contribution in [0, 0.1) is 5.92 Å². The van der Waals surface area contributed by atoms with Crippen molar-refractivity contribution in [2.24, 2.45) is 5.92 Å². The molecule has 0 amide bonds. The van der Waals surface area contributed by atoms with Gasteiger partial charge in [-0.2, -0.15) is 0 Å². The summed E-state index contributed by atoms with van der Waals surface area (Å²) in [6.45, 7) is 1.01. The number of carboxylic acid groups (broad SMARTS) is 2. The van der Waals surface area contributed by atoms with Gasteiger partial charge in [-0.1, -0.05) is 24.3 Å². The van der Waals surface area contributed by atoms with Crippen LogP contribution in [0.5, 0.6) is 11.5 Å². The van der Waals surface area contributed by atoms with Gasteiger partial charge in [0.1, 0.15) is 5.76 Å². The number of nitrogens with zero attached hydrogens (tertiary/aromatic N) is 1. The molecule has 40 heavy (non-hydrogen) atoms. The summed E-state index contributed by atoms with van der Waals surface area (Å²) in [5.41, 5.74) is 3.03. The molecule has 2 aromatic rings. The summed E-state index contributed by atoms with van der Waals surface area (Å²) in [7, 11) is 3.91. The maximum absolute atomic E-state index is 12.8. The van der Waals surface area contributed by atoms with Crippen molar-refractivity contribution < 1.29 is 49.0 Å². The van der Waals surface area contributed by atoms with Crippen LogP contribution in [0.1, 0.15) is 34.3 Å². The molecule has 2 aliphatic heterocycles. The van der Waals surface area contributed by atoms with Crippen molar-refractivity contribution >= 4 is 17.9 Å². The molecular formula is C29H31NO10. The highest BCUT2D eigenvalue weighted by Gasteiger charge is 2.64. The van der Waals surface area contributed by atoms with Crippen molar-refractivity contribution in [3.8, 4) is 11.5 Å². The van der Waals surface area contributed by atoms with E-state index in [9.17, 15) is 14.4 Å². The van der Waals surface area contributed by atoms with Crippen molar-refractivity contribution in [2.45, 2.75) is 49.0 Å². The fourth-order valence-electron chi connectivity index (χ4n) is 6.57. The number of hydrogen-bond acceptors (Lipinski definition) is 9. The van der Waals surface area contributed by atoms with Crippen LogP contribution in [-0.4, -0.2) is 88.3 Å². The molecule has 212 valence electrons. The number of rotatable bonds is 6. The molecule has 11 nitrogen and oxygen atoms in total. The number of likely N-dealkylation sites (tertiary alicyclic amines) is 1. The molecule has 1 fully saturated rings. The number of aliphatic hydroxyl groups excluding tert-OH is 2. The van der Waals surface area contributed by atoms with Crippen LogP contribution in [0.4, 0.5) is 0 Å². The number of carbonyl (C=O) groups excluding carboxylic acids is 1. The maximum atomic E-state index is 12.8. The van der Waals surface area contributed by atoms with Crippen LogP contribution in [0.25, 0.3) is 0 Å². The molecule has 0 aromatic heterocycles. The van der Waals surface area contributed by atoms with Crippen LogP contribution >= 0.6 is 0 Å². The van der Waals surface area contributed by atoms with Gasteiger partial charge in [-0.05, 0) is 68.6 Å². The van der Waals surface area contributed by atoms with Crippen molar-refractivity contribution in [3.05, 3.63) is 71.0 Å². The molecule has 2 aromatic carbocycles. The molecule has 2 aliphatic carbocycles. The Morgan fingerprint density at radius 2 is 1.73 bits per heavy atom. The monoisotopic (exact) mass is 553 g/mol. The lowest BCUT2D eigenvalue weighted by atomic mass is 9.53. The highest BCUT2D eigenvalue weighted by Crippen LogP contribution is 2.63. The number of esters is 1. The van der Waals surface area contributed by atoms with E-state index in [4.69, 9.17) is 34.6 Å². The molecule has 1 saturated heterocycles. The highest BCUT2D eigenvalue weighted by atomic mass is 16.6. The third-order valence-corrected chi connectivity index (χ3v) is 8.45. The zero-order valence-corrected chi connectivity index (χ0v) is 22.0. The summed E-state index contributed by atoms with van der Waals surface area (Å²) in [6, 6.07) is 13.8. The second-order valence-electron chi connectivity index (χ2n) is 10.4. The predicted molar refractivity (Wildman–Crippen MR) is 139 cm³/mol. The van der Waals surface area contributed by atoms with Gasteiger partial charge in [0.05, 0.1) is 12.7 Å². The van der Waals surface area contributed by atoms with E-state index in [2.05, 4.69) is 24.1 Å². The van der Waals surface area contributed by atoms with Crippen molar-refractivity contribution in [3.63, 3.8) is 0 Å². The quantitative estimate of drug-likeness (QED) is 0.384. The largest absolute Gasteiger partial charge is 0.493 e. The molecule has 6 rings (SSSR count). The van der Waals surface area contributed by atoms with E-state index in [0.717, 1.165) is 37.3 Å². The van der Waals surface area contributed by atoms with Gasteiger partial charge in [0.2, 0.25) is 0 Å². The van der Waals surface area contributed by atoms with Crippen LogP contribution in [0.15, 0.2) is 54.3 Å². The summed E-state index contributed by atoms with van der Waals surface area (Å²) in [5.74, 6) is -1.16. The molecule has 2 heterocycles. The number of piperidine rings is 1. The van der Waals surface area contributed by atoms with Crippen molar-refractivity contribution in [2.75, 3.05) is 20.7 Å². The van der Waals surface area contributed by atoms with E-state index in [-0.39, 0.29) is 17.5 Å². The van der Waals surface area contributed by atoms with Gasteiger partial charge in [-0.15, -0.1) is 0 Å². The van der Waals surface area contributed by atoms with Gasteiger partial charge >= 0.3 is 17.9 Å². The summed E-state index contributed by atoms with van der Waals surface area (Å²) in [4.78, 5) is 34.9. The predicted octanol–water partition coefficient (Wildman–Crippen LogP) is 1.59. The Kier molecular flexibility index (Phi) is 7.30. The standard InChI is InChI=1S/C25H25NO4.C4H6O6/c1-26-13-12-25-17-9-11-20(29-24(27)15-6-4-3-5-7-15)23(25)30-22-19(28-2)10-8-16(21(22)25)14-18(17)26;5-1(3(7)8)2(6)4(9)10/h3-8,10-11,17-18,23H,9,12-14H2,1-2H3;1-2,5-6H,(H,7,8)(H,9,10)/t17-,18+,23-,25-;/m0./s1. The minimum Gasteiger partial charge on any atom is -0.493 e. The lowest BCUT2D eigenvalue weighted by Crippen LogP contribution is -2.63. The number of aliphatic carboxylic acids is 2.